The van der Waals surface area contributed by atoms with Crippen LogP contribution in [0.25, 0.3) is 10.8 Å². The van der Waals surface area contributed by atoms with Gasteiger partial charge in [-0.3, -0.25) is 9.78 Å². The number of nitrogens with one attached hydrogen (secondary N) is 2. The van der Waals surface area contributed by atoms with E-state index in [1.165, 1.54) is 0 Å². The number of para-hydroxylation sites is 1. The largest absolute Gasteiger partial charge is 0.370 e. The number of nitrogens with zero attached hydrogens (tertiary/aromatic N) is 1. The number of hydrogen-bond acceptors (Lipinski definition) is 3. The van der Waals surface area contributed by atoms with Gasteiger partial charge in [0.2, 0.25) is 0 Å². The molecule has 4 rings (SSSR count). The molecule has 1 amide bonds. The summed E-state index contributed by atoms with van der Waals surface area (Å²) in [7, 11) is 0. The molecular formula is C23H19N3O. The first kappa shape index (κ1) is 16.8. The SMILES string of the molecule is O=C(Nc1cccc2cnccc12)C(Nc1ccccc1)c1ccccc1. The van der Waals surface area contributed by atoms with Gasteiger partial charge in [0.05, 0.1) is 0 Å². The van der Waals surface area contributed by atoms with Gasteiger partial charge < -0.3 is 10.6 Å². The third-order valence-corrected chi connectivity index (χ3v) is 4.42. The number of amides is 1. The first-order chi connectivity index (χ1) is 13.3. The number of benzene rings is 3. The van der Waals surface area contributed by atoms with Crippen LogP contribution in [0, 0.1) is 0 Å². The Morgan fingerprint density at radius 2 is 1.56 bits per heavy atom. The number of fused-ring (bicyclic) bond motifs is 1. The number of pyridine rings is 1. The summed E-state index contributed by atoms with van der Waals surface area (Å²) in [6, 6.07) is 26.7. The molecule has 1 unspecified atom stereocenters. The van der Waals surface area contributed by atoms with Crippen molar-refractivity contribution in [2.45, 2.75) is 6.04 Å². The lowest BCUT2D eigenvalue weighted by Gasteiger charge is -2.20. The topological polar surface area (TPSA) is 54.0 Å². The molecule has 27 heavy (non-hydrogen) atoms. The van der Waals surface area contributed by atoms with Crippen LogP contribution in [0.15, 0.2) is 97.3 Å². The number of anilines is 2. The lowest BCUT2D eigenvalue weighted by molar-refractivity contribution is -0.117. The molecule has 132 valence electrons. The highest BCUT2D eigenvalue weighted by molar-refractivity contribution is 6.04. The molecule has 3 aromatic carbocycles. The lowest BCUT2D eigenvalue weighted by Crippen LogP contribution is -2.27. The Balaban J connectivity index is 1.66. The molecule has 1 aromatic heterocycles. The zero-order valence-corrected chi connectivity index (χ0v) is 14.7. The fraction of sp³-hybridized carbons (Fsp3) is 0.0435. The molecule has 0 saturated carbocycles. The number of carbonyl (C=O) groups excluding carboxylic acids is 1. The van der Waals surface area contributed by atoms with Crippen LogP contribution in [0.2, 0.25) is 0 Å². The highest BCUT2D eigenvalue weighted by Crippen LogP contribution is 2.25. The van der Waals surface area contributed by atoms with Crippen molar-refractivity contribution in [3.8, 4) is 0 Å². The summed E-state index contributed by atoms with van der Waals surface area (Å²) in [6.45, 7) is 0. The van der Waals surface area contributed by atoms with Gasteiger partial charge in [-0.05, 0) is 29.8 Å². The molecule has 0 radical (unpaired) electrons. The number of rotatable bonds is 5. The smallest absolute Gasteiger partial charge is 0.251 e. The van der Waals surface area contributed by atoms with E-state index in [1.54, 1.807) is 12.4 Å². The third-order valence-electron chi connectivity index (χ3n) is 4.42. The molecule has 0 aliphatic rings. The van der Waals surface area contributed by atoms with E-state index in [0.29, 0.717) is 0 Å². The fourth-order valence-corrected chi connectivity index (χ4v) is 3.08. The zero-order chi connectivity index (χ0) is 18.5. The van der Waals surface area contributed by atoms with Gasteiger partial charge in [0.1, 0.15) is 6.04 Å². The van der Waals surface area contributed by atoms with Crippen molar-refractivity contribution in [3.63, 3.8) is 0 Å². The highest BCUT2D eigenvalue weighted by atomic mass is 16.2. The molecule has 4 aromatic rings. The maximum atomic E-state index is 13.2. The number of hydrogen-bond donors (Lipinski definition) is 2. The summed E-state index contributed by atoms with van der Waals surface area (Å²) in [4.78, 5) is 17.3. The van der Waals surface area contributed by atoms with Crippen LogP contribution in [0.4, 0.5) is 11.4 Å². The predicted octanol–water partition coefficient (Wildman–Crippen LogP) is 5.03. The van der Waals surface area contributed by atoms with Crippen molar-refractivity contribution >= 4 is 28.1 Å². The maximum absolute atomic E-state index is 13.2. The Kier molecular flexibility index (Phi) is 4.79. The van der Waals surface area contributed by atoms with Gasteiger partial charge >= 0.3 is 0 Å². The van der Waals surface area contributed by atoms with Crippen molar-refractivity contribution in [2.75, 3.05) is 10.6 Å². The Bertz CT molecular complexity index is 1040. The Morgan fingerprint density at radius 1 is 0.815 bits per heavy atom. The van der Waals surface area contributed by atoms with E-state index in [4.69, 9.17) is 0 Å². The molecule has 0 aliphatic carbocycles. The molecule has 0 bridgehead atoms. The molecule has 4 heteroatoms. The first-order valence-electron chi connectivity index (χ1n) is 8.81. The van der Waals surface area contributed by atoms with Gasteiger partial charge in [0, 0.05) is 34.5 Å². The average Bonchev–Trinajstić information content (AvgIpc) is 2.73. The summed E-state index contributed by atoms with van der Waals surface area (Å²) in [5, 5.41) is 8.37. The fourth-order valence-electron chi connectivity index (χ4n) is 3.08. The van der Waals surface area contributed by atoms with Crippen molar-refractivity contribution in [3.05, 3.63) is 103 Å². The van der Waals surface area contributed by atoms with Crippen LogP contribution in [0.3, 0.4) is 0 Å². The lowest BCUT2D eigenvalue weighted by atomic mass is 10.0. The second-order valence-corrected chi connectivity index (χ2v) is 6.25. The molecule has 0 saturated heterocycles. The van der Waals surface area contributed by atoms with Crippen LogP contribution in [0.1, 0.15) is 11.6 Å². The minimum atomic E-state index is -0.509. The van der Waals surface area contributed by atoms with Crippen molar-refractivity contribution in [1.29, 1.82) is 0 Å². The van der Waals surface area contributed by atoms with Crippen LogP contribution in [-0.4, -0.2) is 10.9 Å². The monoisotopic (exact) mass is 353 g/mol. The van der Waals surface area contributed by atoms with Crippen molar-refractivity contribution < 1.29 is 4.79 Å². The minimum Gasteiger partial charge on any atom is -0.370 e. The molecular weight excluding hydrogens is 334 g/mol. The van der Waals surface area contributed by atoms with Gasteiger partial charge in [-0.15, -0.1) is 0 Å². The number of aromatic nitrogens is 1. The molecule has 0 fully saturated rings. The van der Waals surface area contributed by atoms with E-state index in [0.717, 1.165) is 27.7 Å². The number of carbonyl (C=O) groups is 1. The molecule has 1 heterocycles. The van der Waals surface area contributed by atoms with Crippen LogP contribution < -0.4 is 10.6 Å². The molecule has 2 N–H and O–H groups in total. The standard InChI is InChI=1S/C23H19N3O/c27-23(26-21-13-7-10-18-16-24-15-14-20(18)21)22(17-8-3-1-4-9-17)25-19-11-5-2-6-12-19/h1-16,22,25H,(H,26,27). The second kappa shape index (κ2) is 7.70. The van der Waals surface area contributed by atoms with Gasteiger partial charge in [-0.25, -0.2) is 0 Å². The van der Waals surface area contributed by atoms with Crippen LogP contribution in [-0.2, 0) is 4.79 Å². The van der Waals surface area contributed by atoms with Crippen LogP contribution in [0.5, 0.6) is 0 Å². The van der Waals surface area contributed by atoms with Gasteiger partial charge in [0.15, 0.2) is 0 Å². The van der Waals surface area contributed by atoms with Crippen LogP contribution >= 0.6 is 0 Å². The zero-order valence-electron chi connectivity index (χ0n) is 14.7. The summed E-state index contributed by atoms with van der Waals surface area (Å²) < 4.78 is 0. The molecule has 1 atom stereocenters. The van der Waals surface area contributed by atoms with E-state index < -0.39 is 6.04 Å². The highest BCUT2D eigenvalue weighted by Gasteiger charge is 2.21. The van der Waals surface area contributed by atoms with E-state index in [-0.39, 0.29) is 5.91 Å². The Labute approximate surface area is 157 Å². The Morgan fingerprint density at radius 3 is 2.33 bits per heavy atom. The second-order valence-electron chi connectivity index (χ2n) is 6.25. The third kappa shape index (κ3) is 3.80. The van der Waals surface area contributed by atoms with Gasteiger partial charge in [0.25, 0.3) is 5.91 Å². The maximum Gasteiger partial charge on any atom is 0.251 e. The molecule has 0 aliphatic heterocycles. The van der Waals surface area contributed by atoms with E-state index in [1.807, 2.05) is 84.9 Å². The quantitative estimate of drug-likeness (QED) is 0.529. The van der Waals surface area contributed by atoms with Gasteiger partial charge in [-0.1, -0.05) is 60.7 Å². The summed E-state index contributed by atoms with van der Waals surface area (Å²) in [6.07, 6.45) is 3.52. The normalized spacial score (nSPS) is 11.7. The Hall–Kier alpha value is -3.66. The van der Waals surface area contributed by atoms with Crippen molar-refractivity contribution in [1.82, 2.24) is 4.98 Å². The van der Waals surface area contributed by atoms with E-state index in [2.05, 4.69) is 15.6 Å². The minimum absolute atomic E-state index is 0.116. The van der Waals surface area contributed by atoms with E-state index >= 15 is 0 Å². The summed E-state index contributed by atoms with van der Waals surface area (Å²) in [5.74, 6) is -0.116. The molecule has 0 spiro atoms. The van der Waals surface area contributed by atoms with Crippen molar-refractivity contribution in [2.24, 2.45) is 0 Å². The van der Waals surface area contributed by atoms with E-state index in [9.17, 15) is 4.79 Å². The van der Waals surface area contributed by atoms with Gasteiger partial charge in [-0.2, -0.15) is 0 Å². The molecule has 4 nitrogen and oxygen atoms in total. The first-order valence-corrected chi connectivity index (χ1v) is 8.81. The predicted molar refractivity (Wildman–Crippen MR) is 110 cm³/mol. The average molecular weight is 353 g/mol. The summed E-state index contributed by atoms with van der Waals surface area (Å²) >= 11 is 0. The summed E-state index contributed by atoms with van der Waals surface area (Å²) in [5.41, 5.74) is 2.57.